The molecule has 2 N–H and O–H groups in total. The molecule has 96 valence electrons. The molecule has 0 saturated carbocycles. The summed E-state index contributed by atoms with van der Waals surface area (Å²) in [4.78, 5) is 11.5. The van der Waals surface area contributed by atoms with Crippen molar-refractivity contribution in [1.29, 1.82) is 0 Å². The van der Waals surface area contributed by atoms with Gasteiger partial charge in [-0.05, 0) is 27.7 Å². The number of rotatable bonds is 5. The normalized spacial score (nSPS) is 12.8. The minimum atomic E-state index is 0.0217. The summed E-state index contributed by atoms with van der Waals surface area (Å²) in [5.41, 5.74) is 2.13. The van der Waals surface area contributed by atoms with Crippen LogP contribution in [0.4, 0.5) is 0 Å². The second-order valence-electron chi connectivity index (χ2n) is 4.67. The smallest absolute Gasteiger partial charge is 0.234 e. The third kappa shape index (κ3) is 4.19. The molecular weight excluding hydrogens is 216 g/mol. The van der Waals surface area contributed by atoms with E-state index < -0.39 is 0 Å². The van der Waals surface area contributed by atoms with Gasteiger partial charge in [0.2, 0.25) is 5.91 Å². The van der Waals surface area contributed by atoms with Crippen molar-refractivity contribution in [2.75, 3.05) is 6.54 Å². The zero-order valence-corrected chi connectivity index (χ0v) is 11.2. The topological polar surface area (TPSA) is 59.0 Å². The molecule has 0 fully saturated rings. The van der Waals surface area contributed by atoms with Crippen molar-refractivity contribution in [1.82, 2.24) is 20.4 Å². The summed E-state index contributed by atoms with van der Waals surface area (Å²) in [7, 11) is 1.90. The van der Waals surface area contributed by atoms with Crippen LogP contribution in [0, 0.1) is 6.92 Å². The monoisotopic (exact) mass is 238 g/mol. The summed E-state index contributed by atoms with van der Waals surface area (Å²) < 4.78 is 1.79. The first-order valence-corrected chi connectivity index (χ1v) is 5.93. The van der Waals surface area contributed by atoms with Gasteiger partial charge in [0, 0.05) is 30.9 Å². The van der Waals surface area contributed by atoms with Crippen molar-refractivity contribution in [3.8, 4) is 0 Å². The van der Waals surface area contributed by atoms with E-state index >= 15 is 0 Å². The van der Waals surface area contributed by atoms with Gasteiger partial charge < -0.3 is 10.6 Å². The van der Waals surface area contributed by atoms with Gasteiger partial charge in [0.15, 0.2) is 0 Å². The fraction of sp³-hybridized carbons (Fsp3) is 0.667. The third-order valence-electron chi connectivity index (χ3n) is 2.54. The van der Waals surface area contributed by atoms with E-state index in [4.69, 9.17) is 0 Å². The first kappa shape index (κ1) is 13.7. The quantitative estimate of drug-likeness (QED) is 0.801. The Balaban J connectivity index is 2.47. The number of carbonyl (C=O) groups excluding carboxylic acids is 1. The zero-order chi connectivity index (χ0) is 13.0. The Bertz CT molecular complexity index is 384. The predicted octanol–water partition coefficient (Wildman–Crippen LogP) is 0.904. The van der Waals surface area contributed by atoms with Gasteiger partial charge in [0.25, 0.3) is 0 Å². The molecule has 0 aliphatic rings. The second-order valence-corrected chi connectivity index (χ2v) is 4.67. The van der Waals surface area contributed by atoms with E-state index in [0.717, 1.165) is 11.3 Å². The van der Waals surface area contributed by atoms with Gasteiger partial charge in [-0.15, -0.1) is 0 Å². The lowest BCUT2D eigenvalue weighted by Gasteiger charge is -2.14. The van der Waals surface area contributed by atoms with E-state index in [9.17, 15) is 4.79 Å². The van der Waals surface area contributed by atoms with Crippen LogP contribution in [0.3, 0.4) is 0 Å². The lowest BCUT2D eigenvalue weighted by molar-refractivity contribution is -0.120. The lowest BCUT2D eigenvalue weighted by atomic mass is 10.1. The Hall–Kier alpha value is -1.36. The predicted molar refractivity (Wildman–Crippen MR) is 67.6 cm³/mol. The summed E-state index contributed by atoms with van der Waals surface area (Å²) in [6, 6.07) is 0.307. The average Bonchev–Trinajstić information content (AvgIpc) is 2.53. The number of hydrogen-bond donors (Lipinski definition) is 2. The Morgan fingerprint density at radius 1 is 1.47 bits per heavy atom. The highest BCUT2D eigenvalue weighted by molar-refractivity contribution is 5.78. The van der Waals surface area contributed by atoms with E-state index in [2.05, 4.69) is 15.7 Å². The lowest BCUT2D eigenvalue weighted by Crippen LogP contribution is -2.38. The Morgan fingerprint density at radius 3 is 2.59 bits per heavy atom. The average molecular weight is 238 g/mol. The highest BCUT2D eigenvalue weighted by atomic mass is 16.1. The van der Waals surface area contributed by atoms with Crippen molar-refractivity contribution in [2.24, 2.45) is 7.05 Å². The molecule has 0 aromatic carbocycles. The van der Waals surface area contributed by atoms with Gasteiger partial charge in [-0.25, -0.2) is 0 Å². The van der Waals surface area contributed by atoms with E-state index in [1.807, 2.05) is 40.9 Å². The molecule has 1 amide bonds. The number of amides is 1. The molecule has 0 radical (unpaired) electrons. The van der Waals surface area contributed by atoms with Crippen LogP contribution in [0.2, 0.25) is 0 Å². The molecule has 17 heavy (non-hydrogen) atoms. The van der Waals surface area contributed by atoms with Crippen LogP contribution in [0.5, 0.6) is 0 Å². The molecule has 1 unspecified atom stereocenters. The van der Waals surface area contributed by atoms with Gasteiger partial charge in [0.05, 0.1) is 12.2 Å². The minimum absolute atomic E-state index is 0.0217. The molecular formula is C12H22N4O. The number of aromatic nitrogens is 2. The van der Waals surface area contributed by atoms with Crippen molar-refractivity contribution in [3.63, 3.8) is 0 Å². The largest absolute Gasteiger partial charge is 0.353 e. The van der Waals surface area contributed by atoms with Crippen molar-refractivity contribution >= 4 is 5.91 Å². The molecule has 1 atom stereocenters. The molecule has 1 heterocycles. The number of carbonyl (C=O) groups is 1. The number of hydrogen-bond acceptors (Lipinski definition) is 3. The van der Waals surface area contributed by atoms with Crippen LogP contribution in [-0.4, -0.2) is 28.3 Å². The van der Waals surface area contributed by atoms with E-state index in [0.29, 0.717) is 6.54 Å². The maximum absolute atomic E-state index is 11.5. The summed E-state index contributed by atoms with van der Waals surface area (Å²) in [5, 5.41) is 10.3. The Morgan fingerprint density at radius 2 is 2.12 bits per heavy atom. The first-order chi connectivity index (χ1) is 7.90. The molecule has 0 saturated heterocycles. The van der Waals surface area contributed by atoms with E-state index in [-0.39, 0.29) is 18.0 Å². The number of nitrogens with one attached hydrogen (secondary N) is 2. The summed E-state index contributed by atoms with van der Waals surface area (Å²) in [5.74, 6) is 0.0217. The fourth-order valence-corrected chi connectivity index (χ4v) is 1.77. The molecule has 1 aromatic heterocycles. The van der Waals surface area contributed by atoms with E-state index in [1.165, 1.54) is 0 Å². The molecule has 0 bridgehead atoms. The SMILES string of the molecule is Cc1nn(C)cc1C(C)NCC(=O)NC(C)C. The first-order valence-electron chi connectivity index (χ1n) is 5.93. The minimum Gasteiger partial charge on any atom is -0.353 e. The second kappa shape index (κ2) is 5.82. The van der Waals surface area contributed by atoms with Crippen LogP contribution in [-0.2, 0) is 11.8 Å². The molecule has 5 heteroatoms. The molecule has 0 spiro atoms. The third-order valence-corrected chi connectivity index (χ3v) is 2.54. The highest BCUT2D eigenvalue weighted by Crippen LogP contribution is 2.14. The van der Waals surface area contributed by atoms with Crippen LogP contribution < -0.4 is 10.6 Å². The standard InChI is InChI=1S/C12H22N4O/c1-8(2)14-12(17)6-13-9(3)11-7-16(5)15-10(11)4/h7-9,13H,6H2,1-5H3,(H,14,17). The van der Waals surface area contributed by atoms with Crippen molar-refractivity contribution in [2.45, 2.75) is 39.8 Å². The van der Waals surface area contributed by atoms with E-state index in [1.54, 1.807) is 4.68 Å². The highest BCUT2D eigenvalue weighted by Gasteiger charge is 2.12. The van der Waals surface area contributed by atoms with Crippen LogP contribution >= 0.6 is 0 Å². The Kier molecular flexibility index (Phi) is 4.69. The zero-order valence-electron chi connectivity index (χ0n) is 11.2. The Labute approximate surface area is 103 Å². The van der Waals surface area contributed by atoms with Gasteiger partial charge in [0.1, 0.15) is 0 Å². The molecule has 5 nitrogen and oxygen atoms in total. The van der Waals surface area contributed by atoms with Crippen LogP contribution in [0.1, 0.15) is 38.1 Å². The van der Waals surface area contributed by atoms with Gasteiger partial charge >= 0.3 is 0 Å². The molecule has 0 aliphatic heterocycles. The van der Waals surface area contributed by atoms with Crippen molar-refractivity contribution in [3.05, 3.63) is 17.5 Å². The van der Waals surface area contributed by atoms with Crippen molar-refractivity contribution < 1.29 is 4.79 Å². The molecule has 0 aliphatic carbocycles. The summed E-state index contributed by atoms with van der Waals surface area (Å²) in [6.45, 7) is 8.24. The van der Waals surface area contributed by atoms with Crippen LogP contribution in [0.15, 0.2) is 6.20 Å². The van der Waals surface area contributed by atoms with Gasteiger partial charge in [-0.2, -0.15) is 5.10 Å². The molecule has 1 aromatic rings. The van der Waals surface area contributed by atoms with Crippen LogP contribution in [0.25, 0.3) is 0 Å². The van der Waals surface area contributed by atoms with Gasteiger partial charge in [-0.3, -0.25) is 9.48 Å². The molecule has 1 rings (SSSR count). The fourth-order valence-electron chi connectivity index (χ4n) is 1.77. The number of nitrogens with zero attached hydrogens (tertiary/aromatic N) is 2. The van der Waals surface area contributed by atoms with Gasteiger partial charge in [-0.1, -0.05) is 0 Å². The summed E-state index contributed by atoms with van der Waals surface area (Å²) >= 11 is 0. The number of aryl methyl sites for hydroxylation is 2. The maximum atomic E-state index is 11.5. The maximum Gasteiger partial charge on any atom is 0.234 e. The summed E-state index contributed by atoms with van der Waals surface area (Å²) in [6.07, 6.45) is 1.98.